The van der Waals surface area contributed by atoms with Gasteiger partial charge in [0.25, 0.3) is 0 Å². The zero-order chi connectivity index (χ0) is 14.1. The van der Waals surface area contributed by atoms with E-state index in [1.165, 1.54) is 11.1 Å². The van der Waals surface area contributed by atoms with Gasteiger partial charge in [-0.1, -0.05) is 12.1 Å². The molecule has 1 atom stereocenters. The fraction of sp³-hybridized carbons (Fsp3) is 0.250. The maximum Gasteiger partial charge on any atom is 0.142 e. The summed E-state index contributed by atoms with van der Waals surface area (Å²) in [6.45, 7) is 2.70. The van der Waals surface area contributed by atoms with Gasteiger partial charge < -0.3 is 14.8 Å². The van der Waals surface area contributed by atoms with E-state index in [0.29, 0.717) is 6.61 Å². The van der Waals surface area contributed by atoms with Crippen LogP contribution in [0.25, 0.3) is 0 Å². The minimum atomic E-state index is 0.145. The van der Waals surface area contributed by atoms with E-state index in [-0.39, 0.29) is 6.04 Å². The summed E-state index contributed by atoms with van der Waals surface area (Å²) < 4.78 is 12.0. The van der Waals surface area contributed by atoms with Gasteiger partial charge in [-0.3, -0.25) is 0 Å². The Balaban J connectivity index is 1.88. The number of rotatable bonds is 2. The van der Waals surface area contributed by atoms with Gasteiger partial charge in [0.2, 0.25) is 0 Å². The molecule has 0 saturated carbocycles. The van der Waals surface area contributed by atoms with Gasteiger partial charge >= 0.3 is 0 Å². The van der Waals surface area contributed by atoms with Crippen LogP contribution in [0.5, 0.6) is 11.5 Å². The zero-order valence-electron chi connectivity index (χ0n) is 11.4. The molecule has 104 valence electrons. The van der Waals surface area contributed by atoms with E-state index in [0.717, 1.165) is 21.7 Å². The van der Waals surface area contributed by atoms with E-state index >= 15 is 0 Å². The summed E-state index contributed by atoms with van der Waals surface area (Å²) in [6.07, 6.45) is 0. The normalized spacial score (nSPS) is 16.9. The van der Waals surface area contributed by atoms with Crippen molar-refractivity contribution in [1.29, 1.82) is 0 Å². The van der Waals surface area contributed by atoms with Crippen molar-refractivity contribution in [2.75, 3.05) is 19.0 Å². The van der Waals surface area contributed by atoms with E-state index in [2.05, 4.69) is 52.4 Å². The van der Waals surface area contributed by atoms with Gasteiger partial charge in [0.15, 0.2) is 0 Å². The molecule has 0 aromatic heterocycles. The Labute approximate surface area is 127 Å². The molecular formula is C16H16BrNO2. The molecule has 3 rings (SSSR count). The molecule has 0 fully saturated rings. The van der Waals surface area contributed by atoms with Crippen molar-refractivity contribution < 1.29 is 9.47 Å². The monoisotopic (exact) mass is 333 g/mol. The Morgan fingerprint density at radius 3 is 2.85 bits per heavy atom. The first-order valence-corrected chi connectivity index (χ1v) is 7.30. The molecule has 0 bridgehead atoms. The van der Waals surface area contributed by atoms with Crippen LogP contribution >= 0.6 is 15.9 Å². The summed E-state index contributed by atoms with van der Waals surface area (Å²) in [5.74, 6) is 1.75. The number of aryl methyl sites for hydroxylation is 1. The number of benzene rings is 2. The van der Waals surface area contributed by atoms with Crippen molar-refractivity contribution >= 4 is 21.6 Å². The van der Waals surface area contributed by atoms with Crippen LogP contribution in [0, 0.1) is 6.92 Å². The van der Waals surface area contributed by atoms with Gasteiger partial charge in [-0.05, 0) is 58.2 Å². The van der Waals surface area contributed by atoms with Crippen LogP contribution in [0.1, 0.15) is 17.2 Å². The number of fused-ring (bicyclic) bond motifs is 1. The fourth-order valence-electron chi connectivity index (χ4n) is 2.36. The van der Waals surface area contributed by atoms with Gasteiger partial charge in [-0.2, -0.15) is 0 Å². The van der Waals surface area contributed by atoms with Gasteiger partial charge in [0.1, 0.15) is 18.1 Å². The van der Waals surface area contributed by atoms with Crippen LogP contribution < -0.4 is 14.8 Å². The van der Waals surface area contributed by atoms with Crippen LogP contribution in [0.15, 0.2) is 40.9 Å². The van der Waals surface area contributed by atoms with E-state index < -0.39 is 0 Å². The molecular weight excluding hydrogens is 318 g/mol. The van der Waals surface area contributed by atoms with Crippen molar-refractivity contribution in [3.8, 4) is 11.5 Å². The summed E-state index contributed by atoms with van der Waals surface area (Å²) >= 11 is 3.52. The molecule has 3 nitrogen and oxygen atoms in total. The molecule has 20 heavy (non-hydrogen) atoms. The minimum Gasteiger partial charge on any atom is -0.496 e. The average Bonchev–Trinajstić information content (AvgIpc) is 2.46. The maximum absolute atomic E-state index is 5.83. The number of halogens is 1. The number of methoxy groups -OCH3 is 1. The van der Waals surface area contributed by atoms with E-state index in [4.69, 9.17) is 9.47 Å². The topological polar surface area (TPSA) is 30.5 Å². The highest BCUT2D eigenvalue weighted by molar-refractivity contribution is 9.10. The number of nitrogens with one attached hydrogen (secondary N) is 1. The first-order valence-electron chi connectivity index (χ1n) is 6.51. The van der Waals surface area contributed by atoms with E-state index in [9.17, 15) is 0 Å². The van der Waals surface area contributed by atoms with Crippen molar-refractivity contribution in [1.82, 2.24) is 0 Å². The minimum absolute atomic E-state index is 0.145. The van der Waals surface area contributed by atoms with E-state index in [1.807, 2.05) is 12.1 Å². The Hall–Kier alpha value is -1.68. The van der Waals surface area contributed by atoms with Crippen LogP contribution in [0.3, 0.4) is 0 Å². The SMILES string of the molecule is COc1ccc(C2COc3ccc(C)cc3N2)cc1Br. The number of hydrogen-bond acceptors (Lipinski definition) is 3. The van der Waals surface area contributed by atoms with E-state index in [1.54, 1.807) is 7.11 Å². The molecule has 1 heterocycles. The molecule has 1 unspecified atom stereocenters. The molecule has 0 spiro atoms. The summed E-state index contributed by atoms with van der Waals surface area (Å²) in [6, 6.07) is 12.4. The lowest BCUT2D eigenvalue weighted by Gasteiger charge is -2.28. The third-order valence-corrected chi connectivity index (χ3v) is 4.07. The average molecular weight is 334 g/mol. The number of ether oxygens (including phenoxy) is 2. The number of anilines is 1. The molecule has 0 saturated heterocycles. The third-order valence-electron chi connectivity index (χ3n) is 3.45. The molecule has 1 aliphatic heterocycles. The van der Waals surface area contributed by atoms with Gasteiger partial charge in [0.05, 0.1) is 23.3 Å². The summed E-state index contributed by atoms with van der Waals surface area (Å²) in [5.41, 5.74) is 3.44. The molecule has 0 amide bonds. The van der Waals surface area contributed by atoms with Gasteiger partial charge in [-0.15, -0.1) is 0 Å². The molecule has 0 radical (unpaired) electrons. The van der Waals surface area contributed by atoms with Crippen LogP contribution in [-0.2, 0) is 0 Å². The van der Waals surface area contributed by atoms with Crippen LogP contribution in [0.4, 0.5) is 5.69 Å². The smallest absolute Gasteiger partial charge is 0.142 e. The molecule has 4 heteroatoms. The molecule has 1 aliphatic rings. The Morgan fingerprint density at radius 2 is 2.10 bits per heavy atom. The molecule has 1 N–H and O–H groups in total. The zero-order valence-corrected chi connectivity index (χ0v) is 13.0. The third kappa shape index (κ3) is 2.48. The van der Waals surface area contributed by atoms with Crippen molar-refractivity contribution in [3.05, 3.63) is 52.0 Å². The van der Waals surface area contributed by atoms with Crippen LogP contribution in [0.2, 0.25) is 0 Å². The van der Waals surface area contributed by atoms with Crippen molar-refractivity contribution in [2.45, 2.75) is 13.0 Å². The van der Waals surface area contributed by atoms with Gasteiger partial charge in [-0.25, -0.2) is 0 Å². The van der Waals surface area contributed by atoms with Crippen LogP contribution in [-0.4, -0.2) is 13.7 Å². The highest BCUT2D eigenvalue weighted by atomic mass is 79.9. The molecule has 2 aromatic rings. The summed E-state index contributed by atoms with van der Waals surface area (Å²) in [7, 11) is 1.67. The second-order valence-corrected chi connectivity index (χ2v) is 5.76. The summed E-state index contributed by atoms with van der Waals surface area (Å²) in [5, 5.41) is 3.53. The lowest BCUT2D eigenvalue weighted by molar-refractivity contribution is 0.286. The number of hydrogen-bond donors (Lipinski definition) is 1. The Kier molecular flexibility index (Phi) is 3.57. The highest BCUT2D eigenvalue weighted by Gasteiger charge is 2.21. The Bertz CT molecular complexity index is 642. The predicted octanol–water partition coefficient (Wildman–Crippen LogP) is 4.31. The first-order chi connectivity index (χ1) is 9.67. The standard InChI is InChI=1S/C16H16BrNO2/c1-10-3-5-16-13(7-10)18-14(9-20-16)11-4-6-15(19-2)12(17)8-11/h3-8,14,18H,9H2,1-2H3. The fourth-order valence-corrected chi connectivity index (χ4v) is 2.92. The van der Waals surface area contributed by atoms with Gasteiger partial charge in [0, 0.05) is 0 Å². The molecule has 2 aromatic carbocycles. The highest BCUT2D eigenvalue weighted by Crippen LogP contribution is 2.36. The quantitative estimate of drug-likeness (QED) is 0.888. The second-order valence-electron chi connectivity index (χ2n) is 4.90. The maximum atomic E-state index is 5.83. The van der Waals surface area contributed by atoms with Crippen molar-refractivity contribution in [3.63, 3.8) is 0 Å². The van der Waals surface area contributed by atoms with Crippen molar-refractivity contribution in [2.24, 2.45) is 0 Å². The summed E-state index contributed by atoms with van der Waals surface area (Å²) in [4.78, 5) is 0. The lowest BCUT2D eigenvalue weighted by Crippen LogP contribution is -2.24. The first kappa shape index (κ1) is 13.3. The lowest BCUT2D eigenvalue weighted by atomic mass is 10.0. The Morgan fingerprint density at radius 1 is 1.25 bits per heavy atom. The largest absolute Gasteiger partial charge is 0.496 e. The molecule has 0 aliphatic carbocycles. The predicted molar refractivity (Wildman–Crippen MR) is 83.7 cm³/mol. The second kappa shape index (κ2) is 5.37.